The van der Waals surface area contributed by atoms with Crippen molar-refractivity contribution in [3.63, 3.8) is 0 Å². The van der Waals surface area contributed by atoms with Gasteiger partial charge in [-0.1, -0.05) is 29.5 Å². The molecule has 2 rings (SSSR count). The predicted molar refractivity (Wildman–Crippen MR) is 81.5 cm³/mol. The van der Waals surface area contributed by atoms with Crippen molar-refractivity contribution in [2.45, 2.75) is 6.92 Å². The lowest BCUT2D eigenvalue weighted by Crippen LogP contribution is -2.13. The van der Waals surface area contributed by atoms with Gasteiger partial charge in [-0.2, -0.15) is 0 Å². The Kier molecular flexibility index (Phi) is 4.70. The highest BCUT2D eigenvalue weighted by Gasteiger charge is 2.11. The van der Waals surface area contributed by atoms with E-state index in [9.17, 15) is 9.18 Å². The first kappa shape index (κ1) is 14.8. The third-order valence-electron chi connectivity index (χ3n) is 2.86. The van der Waals surface area contributed by atoms with Gasteiger partial charge in [0.25, 0.3) is 5.91 Å². The average Bonchev–Trinajstić information content (AvgIpc) is 2.47. The molecule has 0 aromatic heterocycles. The standard InChI is InChI=1S/C17H15FN2O/c1-12-4-7-15(8-5-12)20-17(21)16-9-6-14(18)11-13(16)3-2-10-19/h4-9,11H,10,19H2,1H3,(H,20,21). The minimum Gasteiger partial charge on any atom is -0.322 e. The number of halogens is 1. The molecule has 3 N–H and O–H groups in total. The molecule has 2 aromatic rings. The molecule has 0 aliphatic heterocycles. The van der Waals surface area contributed by atoms with Crippen molar-refractivity contribution in [3.05, 3.63) is 65.0 Å². The summed E-state index contributed by atoms with van der Waals surface area (Å²) in [5.74, 6) is 4.57. The second kappa shape index (κ2) is 6.69. The van der Waals surface area contributed by atoms with Gasteiger partial charge in [0.15, 0.2) is 0 Å². The Morgan fingerprint density at radius 1 is 1.24 bits per heavy atom. The lowest BCUT2D eigenvalue weighted by atomic mass is 10.1. The maximum Gasteiger partial charge on any atom is 0.256 e. The fourth-order valence-corrected chi connectivity index (χ4v) is 1.80. The number of rotatable bonds is 2. The van der Waals surface area contributed by atoms with Crippen LogP contribution in [-0.4, -0.2) is 12.5 Å². The number of anilines is 1. The van der Waals surface area contributed by atoms with Gasteiger partial charge in [-0.25, -0.2) is 4.39 Å². The molecule has 106 valence electrons. The summed E-state index contributed by atoms with van der Waals surface area (Å²) in [4.78, 5) is 12.3. The van der Waals surface area contributed by atoms with E-state index in [0.29, 0.717) is 16.8 Å². The molecule has 0 saturated carbocycles. The lowest BCUT2D eigenvalue weighted by Gasteiger charge is -2.07. The van der Waals surface area contributed by atoms with Crippen LogP contribution in [0.1, 0.15) is 21.5 Å². The molecule has 4 heteroatoms. The fraction of sp³-hybridized carbons (Fsp3) is 0.118. The molecule has 0 saturated heterocycles. The topological polar surface area (TPSA) is 55.1 Å². The van der Waals surface area contributed by atoms with Crippen LogP contribution in [0, 0.1) is 24.6 Å². The summed E-state index contributed by atoms with van der Waals surface area (Å²) in [5.41, 5.74) is 7.73. The Bertz CT molecular complexity index is 712. The Balaban J connectivity index is 2.28. The van der Waals surface area contributed by atoms with E-state index in [1.165, 1.54) is 18.2 Å². The van der Waals surface area contributed by atoms with Crippen LogP contribution in [0.2, 0.25) is 0 Å². The SMILES string of the molecule is Cc1ccc(NC(=O)c2ccc(F)cc2C#CCN)cc1. The minimum atomic E-state index is -0.441. The number of aryl methyl sites for hydroxylation is 1. The molecule has 0 heterocycles. The van der Waals surface area contributed by atoms with Crippen LogP contribution in [-0.2, 0) is 0 Å². The van der Waals surface area contributed by atoms with Crippen molar-refractivity contribution in [1.82, 2.24) is 0 Å². The Morgan fingerprint density at radius 2 is 1.95 bits per heavy atom. The van der Waals surface area contributed by atoms with Crippen molar-refractivity contribution in [1.29, 1.82) is 0 Å². The van der Waals surface area contributed by atoms with Crippen molar-refractivity contribution in [2.75, 3.05) is 11.9 Å². The van der Waals surface area contributed by atoms with E-state index in [-0.39, 0.29) is 12.5 Å². The molecule has 3 nitrogen and oxygen atoms in total. The van der Waals surface area contributed by atoms with Crippen LogP contribution in [0.25, 0.3) is 0 Å². The van der Waals surface area contributed by atoms with Crippen LogP contribution in [0.3, 0.4) is 0 Å². The molecule has 0 aliphatic carbocycles. The van der Waals surface area contributed by atoms with Gasteiger partial charge in [0.1, 0.15) is 5.82 Å². The van der Waals surface area contributed by atoms with Gasteiger partial charge in [0, 0.05) is 11.3 Å². The summed E-state index contributed by atoms with van der Waals surface area (Å²) in [7, 11) is 0. The van der Waals surface area contributed by atoms with Gasteiger partial charge in [-0.05, 0) is 37.3 Å². The largest absolute Gasteiger partial charge is 0.322 e. The highest BCUT2D eigenvalue weighted by molar-refractivity contribution is 6.06. The lowest BCUT2D eigenvalue weighted by molar-refractivity contribution is 0.102. The summed E-state index contributed by atoms with van der Waals surface area (Å²) in [5, 5.41) is 2.76. The van der Waals surface area contributed by atoms with Gasteiger partial charge < -0.3 is 11.1 Å². The smallest absolute Gasteiger partial charge is 0.256 e. The first-order valence-corrected chi connectivity index (χ1v) is 6.46. The molecule has 0 bridgehead atoms. The van der Waals surface area contributed by atoms with Crippen LogP contribution in [0.15, 0.2) is 42.5 Å². The predicted octanol–water partition coefficient (Wildman–Crippen LogP) is 2.70. The summed E-state index contributed by atoms with van der Waals surface area (Å²) < 4.78 is 13.3. The third-order valence-corrected chi connectivity index (χ3v) is 2.86. The maximum absolute atomic E-state index is 13.3. The first-order valence-electron chi connectivity index (χ1n) is 6.46. The van der Waals surface area contributed by atoms with E-state index in [4.69, 9.17) is 5.73 Å². The first-order chi connectivity index (χ1) is 10.1. The van der Waals surface area contributed by atoms with Crippen molar-refractivity contribution >= 4 is 11.6 Å². The van der Waals surface area contributed by atoms with Crippen LogP contribution in [0.5, 0.6) is 0 Å². The molecule has 21 heavy (non-hydrogen) atoms. The number of amides is 1. The van der Waals surface area contributed by atoms with Crippen LogP contribution in [0.4, 0.5) is 10.1 Å². The molecule has 0 radical (unpaired) electrons. The molecule has 1 amide bonds. The normalized spacial score (nSPS) is 9.67. The fourth-order valence-electron chi connectivity index (χ4n) is 1.80. The van der Waals surface area contributed by atoms with Gasteiger partial charge in [-0.3, -0.25) is 4.79 Å². The number of carbonyl (C=O) groups excluding carboxylic acids is 1. The van der Waals surface area contributed by atoms with Gasteiger partial charge in [-0.15, -0.1) is 0 Å². The number of hydrogen-bond acceptors (Lipinski definition) is 2. The molecular weight excluding hydrogens is 267 g/mol. The summed E-state index contributed by atoms with van der Waals surface area (Å²) in [6.07, 6.45) is 0. The van der Waals surface area contributed by atoms with Gasteiger partial charge in [0.2, 0.25) is 0 Å². The van der Waals surface area contributed by atoms with Crippen LogP contribution < -0.4 is 11.1 Å². The molecule has 0 spiro atoms. The second-order valence-corrected chi connectivity index (χ2v) is 4.52. The van der Waals surface area contributed by atoms with Gasteiger partial charge in [0.05, 0.1) is 12.1 Å². The minimum absolute atomic E-state index is 0.148. The summed E-state index contributed by atoms with van der Waals surface area (Å²) in [6.45, 7) is 2.11. The Labute approximate surface area is 123 Å². The zero-order chi connectivity index (χ0) is 15.2. The van der Waals surface area contributed by atoms with E-state index >= 15 is 0 Å². The number of nitrogens with two attached hydrogens (primary N) is 1. The number of carbonyl (C=O) groups is 1. The second-order valence-electron chi connectivity index (χ2n) is 4.52. The monoisotopic (exact) mass is 282 g/mol. The van der Waals surface area contributed by atoms with E-state index in [2.05, 4.69) is 17.2 Å². The van der Waals surface area contributed by atoms with Crippen molar-refractivity contribution in [2.24, 2.45) is 5.73 Å². The number of benzene rings is 2. The van der Waals surface area contributed by atoms with Gasteiger partial charge >= 0.3 is 0 Å². The molecule has 0 atom stereocenters. The molecule has 2 aromatic carbocycles. The highest BCUT2D eigenvalue weighted by atomic mass is 19.1. The zero-order valence-corrected chi connectivity index (χ0v) is 11.6. The summed E-state index contributed by atoms with van der Waals surface area (Å²) in [6, 6.07) is 11.3. The highest BCUT2D eigenvalue weighted by Crippen LogP contribution is 2.14. The zero-order valence-electron chi connectivity index (χ0n) is 11.6. The van der Waals surface area contributed by atoms with E-state index < -0.39 is 5.82 Å². The number of hydrogen-bond donors (Lipinski definition) is 2. The van der Waals surface area contributed by atoms with E-state index in [0.717, 1.165) is 5.56 Å². The maximum atomic E-state index is 13.3. The molecule has 0 fully saturated rings. The summed E-state index contributed by atoms with van der Waals surface area (Å²) >= 11 is 0. The van der Waals surface area contributed by atoms with E-state index in [1.54, 1.807) is 0 Å². The Hall–Kier alpha value is -2.64. The van der Waals surface area contributed by atoms with Crippen LogP contribution >= 0.6 is 0 Å². The molecule has 0 unspecified atom stereocenters. The van der Waals surface area contributed by atoms with E-state index in [1.807, 2.05) is 31.2 Å². The molecular formula is C17H15FN2O. The Morgan fingerprint density at radius 3 is 2.62 bits per heavy atom. The van der Waals surface area contributed by atoms with Crippen molar-refractivity contribution in [3.8, 4) is 11.8 Å². The molecule has 0 aliphatic rings. The van der Waals surface area contributed by atoms with Crippen molar-refractivity contribution < 1.29 is 9.18 Å². The quantitative estimate of drug-likeness (QED) is 0.832. The third kappa shape index (κ3) is 3.91. The average molecular weight is 282 g/mol. The number of nitrogens with one attached hydrogen (secondary N) is 1.